The molecule has 0 N–H and O–H groups in total. The lowest BCUT2D eigenvalue weighted by Crippen LogP contribution is -2.31. The number of hydrogen-bond acceptors (Lipinski definition) is 2. The molecule has 2 aliphatic rings. The maximum absolute atomic E-state index is 13.8. The summed E-state index contributed by atoms with van der Waals surface area (Å²) in [4.78, 5) is 13.8. The van der Waals surface area contributed by atoms with Crippen molar-refractivity contribution in [1.82, 2.24) is 4.90 Å². The van der Waals surface area contributed by atoms with Crippen LogP contribution in [0.25, 0.3) is 0 Å². The smallest absolute Gasteiger partial charge is 0.226 e. The lowest BCUT2D eigenvalue weighted by Gasteiger charge is -2.24. The van der Waals surface area contributed by atoms with E-state index in [1.807, 2.05) is 0 Å². The fourth-order valence-corrected chi connectivity index (χ4v) is 3.51. The summed E-state index contributed by atoms with van der Waals surface area (Å²) in [6.07, 6.45) is 1.89. The second-order valence-corrected chi connectivity index (χ2v) is 5.88. The molecule has 5 heteroatoms. The lowest BCUT2D eigenvalue weighted by molar-refractivity contribution is -0.132. The maximum Gasteiger partial charge on any atom is 0.226 e. The van der Waals surface area contributed by atoms with Gasteiger partial charge in [0.25, 0.3) is 0 Å². The summed E-state index contributed by atoms with van der Waals surface area (Å²) in [7, 11) is 0. The van der Waals surface area contributed by atoms with Crippen molar-refractivity contribution in [2.24, 2.45) is 5.92 Å². The van der Waals surface area contributed by atoms with Gasteiger partial charge in [0.05, 0.1) is 0 Å². The minimum atomic E-state index is -0.584. The van der Waals surface area contributed by atoms with E-state index in [2.05, 4.69) is 0 Å². The maximum atomic E-state index is 13.8. The van der Waals surface area contributed by atoms with Crippen molar-refractivity contribution >= 4 is 17.7 Å². The molecule has 0 spiro atoms. The van der Waals surface area contributed by atoms with E-state index < -0.39 is 11.6 Å². The van der Waals surface area contributed by atoms with Crippen LogP contribution in [-0.2, 0) is 4.79 Å². The minimum absolute atomic E-state index is 0.119. The van der Waals surface area contributed by atoms with Crippen molar-refractivity contribution in [3.8, 4) is 0 Å². The van der Waals surface area contributed by atoms with E-state index in [1.165, 1.54) is 23.9 Å². The van der Waals surface area contributed by atoms with Crippen molar-refractivity contribution in [3.63, 3.8) is 0 Å². The Morgan fingerprint density at radius 1 is 1.33 bits per heavy atom. The number of rotatable bonds is 2. The van der Waals surface area contributed by atoms with Crippen LogP contribution in [0.1, 0.15) is 23.8 Å². The topological polar surface area (TPSA) is 20.3 Å². The molecule has 96 valence electrons. The van der Waals surface area contributed by atoms with Gasteiger partial charge in [-0.15, -0.1) is 11.8 Å². The van der Waals surface area contributed by atoms with Crippen LogP contribution in [0, 0.1) is 17.6 Å². The van der Waals surface area contributed by atoms with E-state index in [9.17, 15) is 13.6 Å². The molecule has 1 aliphatic heterocycles. The van der Waals surface area contributed by atoms with Gasteiger partial charge >= 0.3 is 0 Å². The van der Waals surface area contributed by atoms with Crippen molar-refractivity contribution < 1.29 is 13.6 Å². The van der Waals surface area contributed by atoms with Gasteiger partial charge in [-0.1, -0.05) is 6.07 Å². The third-order valence-electron chi connectivity index (χ3n) is 3.33. The van der Waals surface area contributed by atoms with Gasteiger partial charge in [0.2, 0.25) is 5.91 Å². The van der Waals surface area contributed by atoms with Gasteiger partial charge in [-0.05, 0) is 18.9 Å². The average molecular weight is 269 g/mol. The van der Waals surface area contributed by atoms with Gasteiger partial charge in [0.1, 0.15) is 17.0 Å². The summed E-state index contributed by atoms with van der Waals surface area (Å²) in [5.74, 6) is -0.0920. The molecule has 1 heterocycles. The van der Waals surface area contributed by atoms with Gasteiger partial charge < -0.3 is 4.90 Å². The average Bonchev–Trinajstić information content (AvgIpc) is 3.07. The molecule has 2 fully saturated rings. The van der Waals surface area contributed by atoms with Gasteiger partial charge in [-0.2, -0.15) is 0 Å². The number of halogens is 2. The highest BCUT2D eigenvalue weighted by Crippen LogP contribution is 2.42. The SMILES string of the molecule is O=C(C1CC1)N1CCSC1c1ccc(F)cc1F. The number of benzene rings is 1. The quantitative estimate of drug-likeness (QED) is 0.822. The Hall–Kier alpha value is -1.10. The van der Waals surface area contributed by atoms with E-state index in [0.717, 1.165) is 24.7 Å². The molecule has 1 atom stereocenters. The summed E-state index contributed by atoms with van der Waals surface area (Å²) in [5, 5.41) is -0.293. The van der Waals surface area contributed by atoms with Gasteiger partial charge in [0, 0.05) is 29.8 Å². The molecule has 1 amide bonds. The summed E-state index contributed by atoms with van der Waals surface area (Å²) in [5.41, 5.74) is 0.410. The zero-order valence-electron chi connectivity index (χ0n) is 9.73. The Kier molecular flexibility index (Phi) is 3.01. The van der Waals surface area contributed by atoms with Crippen molar-refractivity contribution in [2.75, 3.05) is 12.3 Å². The Labute approximate surface area is 108 Å². The first-order valence-electron chi connectivity index (χ1n) is 6.04. The number of hydrogen-bond donors (Lipinski definition) is 0. The van der Waals surface area contributed by atoms with E-state index in [1.54, 1.807) is 4.90 Å². The molecule has 1 unspecified atom stereocenters. The molecule has 0 radical (unpaired) electrons. The van der Waals surface area contributed by atoms with Crippen LogP contribution in [0.4, 0.5) is 8.78 Å². The van der Waals surface area contributed by atoms with Crippen molar-refractivity contribution in [3.05, 3.63) is 35.4 Å². The number of thioether (sulfide) groups is 1. The first-order valence-corrected chi connectivity index (χ1v) is 7.09. The van der Waals surface area contributed by atoms with E-state index >= 15 is 0 Å². The molecule has 1 aromatic carbocycles. The Bertz CT molecular complexity index is 490. The van der Waals surface area contributed by atoms with Gasteiger partial charge in [-0.3, -0.25) is 4.79 Å². The standard InChI is InChI=1S/C13H13F2NOS/c14-9-3-4-10(11(15)7-9)13-16(5-6-18-13)12(17)8-1-2-8/h3-4,7-8,13H,1-2,5-6H2. The van der Waals surface area contributed by atoms with Crippen molar-refractivity contribution in [1.29, 1.82) is 0 Å². The molecular formula is C13H13F2NOS. The molecule has 3 rings (SSSR count). The molecule has 1 aromatic rings. The van der Waals surface area contributed by atoms with Crippen molar-refractivity contribution in [2.45, 2.75) is 18.2 Å². The monoisotopic (exact) mass is 269 g/mol. The number of carbonyl (C=O) groups is 1. The van der Waals surface area contributed by atoms with E-state index in [0.29, 0.717) is 12.1 Å². The van der Waals surface area contributed by atoms with E-state index in [4.69, 9.17) is 0 Å². The fourth-order valence-electron chi connectivity index (χ4n) is 2.22. The molecule has 0 bridgehead atoms. The van der Waals surface area contributed by atoms with Crippen LogP contribution in [0.2, 0.25) is 0 Å². The first kappa shape index (κ1) is 12.0. The van der Waals surface area contributed by atoms with Crippen LogP contribution in [0.5, 0.6) is 0 Å². The lowest BCUT2D eigenvalue weighted by atomic mass is 10.1. The molecule has 1 aliphatic carbocycles. The molecule has 2 nitrogen and oxygen atoms in total. The number of carbonyl (C=O) groups excluding carboxylic acids is 1. The molecule has 18 heavy (non-hydrogen) atoms. The zero-order chi connectivity index (χ0) is 12.7. The highest BCUT2D eigenvalue weighted by molar-refractivity contribution is 7.99. The zero-order valence-corrected chi connectivity index (χ0v) is 10.6. The predicted molar refractivity (Wildman–Crippen MR) is 66.0 cm³/mol. The Morgan fingerprint density at radius 2 is 2.11 bits per heavy atom. The third-order valence-corrected chi connectivity index (χ3v) is 4.57. The summed E-state index contributed by atoms with van der Waals surface area (Å²) < 4.78 is 26.7. The van der Waals surface area contributed by atoms with Gasteiger partial charge in [-0.25, -0.2) is 8.78 Å². The van der Waals surface area contributed by atoms with Gasteiger partial charge in [0.15, 0.2) is 0 Å². The predicted octanol–water partition coefficient (Wildman–Crippen LogP) is 2.95. The summed E-state index contributed by atoms with van der Waals surface area (Å²) >= 11 is 1.54. The normalized spacial score (nSPS) is 23.4. The molecular weight excluding hydrogens is 256 g/mol. The van der Waals surface area contributed by atoms with Crippen LogP contribution in [0.3, 0.4) is 0 Å². The Morgan fingerprint density at radius 3 is 2.78 bits per heavy atom. The summed E-state index contributed by atoms with van der Waals surface area (Å²) in [6.45, 7) is 0.654. The van der Waals surface area contributed by atoms with Crippen LogP contribution >= 0.6 is 11.8 Å². The highest BCUT2D eigenvalue weighted by Gasteiger charge is 2.39. The second kappa shape index (κ2) is 4.53. The third kappa shape index (κ3) is 2.11. The fraction of sp³-hybridized carbons (Fsp3) is 0.462. The highest BCUT2D eigenvalue weighted by atomic mass is 32.2. The largest absolute Gasteiger partial charge is 0.325 e. The summed E-state index contributed by atoms with van der Waals surface area (Å²) in [6, 6.07) is 3.58. The molecule has 1 saturated carbocycles. The number of nitrogens with zero attached hydrogens (tertiary/aromatic N) is 1. The van der Waals surface area contributed by atoms with Crippen LogP contribution in [-0.4, -0.2) is 23.1 Å². The van der Waals surface area contributed by atoms with E-state index in [-0.39, 0.29) is 17.2 Å². The molecule has 1 saturated heterocycles. The minimum Gasteiger partial charge on any atom is -0.325 e. The number of amides is 1. The molecule has 0 aromatic heterocycles. The van der Waals surface area contributed by atoms with Crippen LogP contribution in [0.15, 0.2) is 18.2 Å². The second-order valence-electron chi connectivity index (χ2n) is 4.69. The Balaban J connectivity index is 1.87. The van der Waals surface area contributed by atoms with Crippen LogP contribution < -0.4 is 0 Å². The first-order chi connectivity index (χ1) is 8.66.